The zero-order valence-electron chi connectivity index (χ0n) is 5.16. The van der Waals surface area contributed by atoms with Gasteiger partial charge in [0.25, 0.3) is 13.6 Å². The van der Waals surface area contributed by atoms with Crippen molar-refractivity contribution in [2.75, 3.05) is 0 Å². The zero-order valence-corrected chi connectivity index (χ0v) is 8.10. The molecule has 0 aromatic heterocycles. The third kappa shape index (κ3) is 7.51. The number of hydrogen-bond acceptors (Lipinski definition) is 2. The van der Waals surface area contributed by atoms with Crippen molar-refractivity contribution in [3.05, 3.63) is 22.2 Å². The molecule has 0 heterocycles. The first kappa shape index (κ1) is 12.2. The Balaban J connectivity index is 0. The van der Waals surface area contributed by atoms with Crippen molar-refractivity contribution in [2.24, 2.45) is 0 Å². The Labute approximate surface area is 71.9 Å². The van der Waals surface area contributed by atoms with Crippen LogP contribution in [-0.4, -0.2) is 13.6 Å². The second kappa shape index (κ2) is 11.3. The number of carbonyl (C=O) groups excluding carboxylic acids is 2. The maximum atomic E-state index is 7.50. The van der Waals surface area contributed by atoms with Crippen LogP contribution in [0, 0.1) is 0 Å². The third-order valence-corrected chi connectivity index (χ3v) is 1.82. The minimum atomic E-state index is 1.20. The molecule has 0 fully saturated rings. The van der Waals surface area contributed by atoms with Crippen molar-refractivity contribution < 1.29 is 29.4 Å². The molecule has 0 aromatic carbocycles. The first-order valence-electron chi connectivity index (χ1n) is 2.33. The Morgan fingerprint density at radius 2 is 1.80 bits per heavy atom. The van der Waals surface area contributed by atoms with Crippen LogP contribution < -0.4 is 0 Å². The first-order valence-corrected chi connectivity index (χ1v) is 3.80. The summed E-state index contributed by atoms with van der Waals surface area (Å²) in [6.07, 6.45) is 7.68. The normalized spacial score (nSPS) is 11.8. The van der Waals surface area contributed by atoms with Crippen LogP contribution in [0.1, 0.15) is 6.42 Å². The molecule has 0 amide bonds. The number of rotatable bonds is 0. The second-order valence-corrected chi connectivity index (χ2v) is 3.15. The summed E-state index contributed by atoms with van der Waals surface area (Å²) in [4.78, 5) is 15.0. The van der Waals surface area contributed by atoms with Crippen molar-refractivity contribution >= 4 is 13.6 Å². The van der Waals surface area contributed by atoms with Gasteiger partial charge in [0.15, 0.2) is 0 Å². The average molecular weight is 305 g/mol. The van der Waals surface area contributed by atoms with Gasteiger partial charge in [0.1, 0.15) is 0 Å². The minimum absolute atomic E-state index is 1.20. The average Bonchev–Trinajstić information content (AvgIpc) is 2.48. The van der Waals surface area contributed by atoms with Gasteiger partial charge in [-0.25, -0.2) is 0 Å². The van der Waals surface area contributed by atoms with E-state index in [0.29, 0.717) is 0 Å². The van der Waals surface area contributed by atoms with Gasteiger partial charge in [0.05, 0.1) is 0 Å². The molecular formula is C7H5O2W. The van der Waals surface area contributed by atoms with E-state index in [1.54, 1.807) is 23.8 Å². The second-order valence-electron chi connectivity index (χ2n) is 1.27. The first-order chi connectivity index (χ1) is 4.89. The van der Waals surface area contributed by atoms with Gasteiger partial charge in [-0.15, -0.1) is 0 Å². The van der Waals surface area contributed by atoms with E-state index in [9.17, 15) is 0 Å². The molecule has 0 atom stereocenters. The van der Waals surface area contributed by atoms with Gasteiger partial charge >= 0.3 is 48.4 Å². The van der Waals surface area contributed by atoms with E-state index in [0.717, 1.165) is 0 Å². The van der Waals surface area contributed by atoms with Crippen LogP contribution in [0.3, 0.4) is 0 Å². The molecule has 4 radical (unpaired) electrons. The van der Waals surface area contributed by atoms with Gasteiger partial charge < -0.3 is 0 Å². The SMILES string of the molecule is [C]=O.[C]=O.[W][C]1=CC=CC1. The van der Waals surface area contributed by atoms with Crippen molar-refractivity contribution in [1.29, 1.82) is 0 Å². The van der Waals surface area contributed by atoms with E-state index >= 15 is 0 Å². The van der Waals surface area contributed by atoms with Gasteiger partial charge in [0.2, 0.25) is 0 Å². The summed E-state index contributed by atoms with van der Waals surface area (Å²) in [5.74, 6) is 0. The molecule has 2 nitrogen and oxygen atoms in total. The summed E-state index contributed by atoms with van der Waals surface area (Å²) in [6.45, 7) is 9.00. The molecule has 0 aliphatic heterocycles. The molecule has 51 valence electrons. The fraction of sp³-hybridized carbons (Fsp3) is 0.143. The van der Waals surface area contributed by atoms with Crippen LogP contribution in [0.5, 0.6) is 0 Å². The molecule has 0 saturated carbocycles. The summed E-state index contributed by atoms with van der Waals surface area (Å²) < 4.78 is 1.55. The van der Waals surface area contributed by atoms with Crippen LogP contribution in [0.2, 0.25) is 0 Å². The van der Waals surface area contributed by atoms with Crippen LogP contribution in [-0.2, 0) is 29.4 Å². The van der Waals surface area contributed by atoms with Gasteiger partial charge in [-0.05, 0) is 0 Å². The predicted octanol–water partition coefficient (Wildman–Crippen LogP) is 0.583. The zero-order chi connectivity index (χ0) is 8.41. The molecule has 0 N–H and O–H groups in total. The van der Waals surface area contributed by atoms with E-state index in [-0.39, 0.29) is 0 Å². The van der Waals surface area contributed by atoms with Crippen molar-refractivity contribution in [3.63, 3.8) is 0 Å². The molecule has 1 aliphatic rings. The molecule has 1 rings (SSSR count). The van der Waals surface area contributed by atoms with E-state index in [2.05, 4.69) is 31.8 Å². The van der Waals surface area contributed by atoms with Gasteiger partial charge in [-0.1, -0.05) is 0 Å². The van der Waals surface area contributed by atoms with Crippen LogP contribution in [0.15, 0.2) is 22.2 Å². The quantitative estimate of drug-likeness (QED) is 0.656. The fourth-order valence-electron chi connectivity index (χ4n) is 0.428. The summed E-state index contributed by atoms with van der Waals surface area (Å²) in [6, 6.07) is 0. The Kier molecular flexibility index (Phi) is 13.8. The molecule has 1 aliphatic carbocycles. The molecule has 0 spiro atoms. The summed E-state index contributed by atoms with van der Waals surface area (Å²) in [7, 11) is 0. The third-order valence-electron chi connectivity index (χ3n) is 0.737. The van der Waals surface area contributed by atoms with Crippen LogP contribution >= 0.6 is 0 Å². The molecule has 0 unspecified atom stereocenters. The molecular weight excluding hydrogens is 300 g/mol. The number of hydrogen-bond donors (Lipinski definition) is 0. The Morgan fingerprint density at radius 1 is 1.30 bits per heavy atom. The fourth-order valence-corrected chi connectivity index (χ4v) is 1.06. The van der Waals surface area contributed by atoms with E-state index in [4.69, 9.17) is 9.59 Å². The molecule has 0 aromatic rings. The van der Waals surface area contributed by atoms with Crippen molar-refractivity contribution in [3.8, 4) is 0 Å². The van der Waals surface area contributed by atoms with Gasteiger partial charge in [0, 0.05) is 0 Å². The number of allylic oxidation sites excluding steroid dienone is 4. The van der Waals surface area contributed by atoms with E-state index in [1.165, 1.54) is 6.42 Å². The molecule has 3 heteroatoms. The monoisotopic (exact) mass is 305 g/mol. The molecule has 0 bridgehead atoms. The van der Waals surface area contributed by atoms with Gasteiger partial charge in [-0.2, -0.15) is 0 Å². The Hall–Kier alpha value is -0.492. The van der Waals surface area contributed by atoms with Crippen LogP contribution in [0.4, 0.5) is 0 Å². The van der Waals surface area contributed by atoms with Crippen molar-refractivity contribution in [2.45, 2.75) is 6.42 Å². The Morgan fingerprint density at radius 3 is 1.90 bits per heavy atom. The van der Waals surface area contributed by atoms with Crippen LogP contribution in [0.25, 0.3) is 0 Å². The summed E-state index contributed by atoms with van der Waals surface area (Å²) in [5.41, 5.74) is 0. The van der Waals surface area contributed by atoms with E-state index < -0.39 is 0 Å². The maximum absolute atomic E-state index is 7.50. The predicted molar refractivity (Wildman–Crippen MR) is 33.2 cm³/mol. The Bertz CT molecular complexity index is 128. The van der Waals surface area contributed by atoms with E-state index in [1.807, 2.05) is 0 Å². The molecule has 0 saturated heterocycles. The standard InChI is InChI=1S/C5H5.2CO.W/c1-2-4-5-3-1;2*1-2;/h1-3H,4H2;;;. The van der Waals surface area contributed by atoms with Gasteiger partial charge in [-0.3, -0.25) is 9.59 Å². The topological polar surface area (TPSA) is 34.1 Å². The summed E-state index contributed by atoms with van der Waals surface area (Å²) >= 11 is 1.61. The molecule has 10 heavy (non-hydrogen) atoms. The van der Waals surface area contributed by atoms with Crippen molar-refractivity contribution in [1.82, 2.24) is 0 Å². The summed E-state index contributed by atoms with van der Waals surface area (Å²) in [5, 5.41) is 0.